The third-order valence-electron chi connectivity index (χ3n) is 3.31. The lowest BCUT2D eigenvalue weighted by atomic mass is 9.92. The second-order valence-corrected chi connectivity index (χ2v) is 6.37. The van der Waals surface area contributed by atoms with E-state index in [2.05, 4.69) is 30.3 Å². The summed E-state index contributed by atoms with van der Waals surface area (Å²) < 4.78 is 20.8. The minimum Gasteiger partial charge on any atom is -0.494 e. The summed E-state index contributed by atoms with van der Waals surface area (Å²) in [5.41, 5.74) is 1.70. The van der Waals surface area contributed by atoms with E-state index in [1.165, 1.54) is 13.2 Å². The standard InChI is InChI=1S/C15H20ClFN2O/c1-15(2,3)5-6-19-12-8-13(20-4)10(17)7-11(12)18-14(19)9-16/h7-8H,5-6,9H2,1-4H3. The summed E-state index contributed by atoms with van der Waals surface area (Å²) in [5, 5.41) is 0. The van der Waals surface area contributed by atoms with Crippen LogP contribution in [0.4, 0.5) is 4.39 Å². The first-order valence-electron chi connectivity index (χ1n) is 6.64. The van der Waals surface area contributed by atoms with Crippen molar-refractivity contribution in [1.29, 1.82) is 0 Å². The number of benzene rings is 1. The fourth-order valence-electron chi connectivity index (χ4n) is 2.13. The Bertz CT molecular complexity index is 616. The molecule has 0 aliphatic carbocycles. The number of halogens is 2. The van der Waals surface area contributed by atoms with E-state index in [9.17, 15) is 4.39 Å². The van der Waals surface area contributed by atoms with Crippen LogP contribution in [-0.2, 0) is 12.4 Å². The van der Waals surface area contributed by atoms with E-state index in [0.29, 0.717) is 11.4 Å². The molecule has 0 aliphatic heterocycles. The predicted molar refractivity (Wildman–Crippen MR) is 79.9 cm³/mol. The number of ether oxygens (including phenoxy) is 1. The quantitative estimate of drug-likeness (QED) is 0.784. The third-order valence-corrected chi connectivity index (χ3v) is 3.54. The van der Waals surface area contributed by atoms with Gasteiger partial charge in [0, 0.05) is 18.7 Å². The summed E-state index contributed by atoms with van der Waals surface area (Å²) in [4.78, 5) is 4.40. The van der Waals surface area contributed by atoms with Gasteiger partial charge in [-0.25, -0.2) is 9.37 Å². The lowest BCUT2D eigenvalue weighted by Gasteiger charge is -2.19. The Kier molecular flexibility index (Phi) is 4.23. The molecule has 110 valence electrons. The smallest absolute Gasteiger partial charge is 0.167 e. The van der Waals surface area contributed by atoms with Gasteiger partial charge in [0.1, 0.15) is 5.82 Å². The second kappa shape index (κ2) is 5.60. The van der Waals surface area contributed by atoms with Crippen molar-refractivity contribution in [3.05, 3.63) is 23.8 Å². The molecule has 20 heavy (non-hydrogen) atoms. The molecular weight excluding hydrogens is 279 g/mol. The number of aromatic nitrogens is 2. The molecule has 2 aromatic rings. The molecule has 0 atom stereocenters. The lowest BCUT2D eigenvalue weighted by Crippen LogP contribution is -2.12. The van der Waals surface area contributed by atoms with Crippen molar-refractivity contribution in [2.45, 2.75) is 39.6 Å². The molecule has 0 bridgehead atoms. The maximum absolute atomic E-state index is 13.7. The molecule has 1 heterocycles. The first-order chi connectivity index (χ1) is 9.35. The molecule has 1 aromatic carbocycles. The molecule has 0 spiro atoms. The Balaban J connectivity index is 2.49. The van der Waals surface area contributed by atoms with Gasteiger partial charge in [-0.3, -0.25) is 0 Å². The number of methoxy groups -OCH3 is 1. The molecule has 0 radical (unpaired) electrons. The topological polar surface area (TPSA) is 27.1 Å². The number of alkyl halides is 1. The van der Waals surface area contributed by atoms with E-state index >= 15 is 0 Å². The van der Waals surface area contributed by atoms with Crippen LogP contribution >= 0.6 is 11.6 Å². The fourth-order valence-corrected chi connectivity index (χ4v) is 2.34. The fraction of sp³-hybridized carbons (Fsp3) is 0.533. The van der Waals surface area contributed by atoms with E-state index in [-0.39, 0.29) is 11.2 Å². The molecule has 0 amide bonds. The summed E-state index contributed by atoms with van der Waals surface area (Å²) in [6, 6.07) is 3.09. The molecule has 0 fully saturated rings. The average molecular weight is 299 g/mol. The highest BCUT2D eigenvalue weighted by atomic mass is 35.5. The molecule has 2 rings (SSSR count). The van der Waals surface area contributed by atoms with Crippen LogP contribution in [0.15, 0.2) is 12.1 Å². The molecule has 0 N–H and O–H groups in total. The summed E-state index contributed by atoms with van der Waals surface area (Å²) in [7, 11) is 1.46. The van der Waals surface area contributed by atoms with Crippen molar-refractivity contribution in [1.82, 2.24) is 9.55 Å². The highest BCUT2D eigenvalue weighted by molar-refractivity contribution is 6.16. The first-order valence-corrected chi connectivity index (χ1v) is 7.18. The van der Waals surface area contributed by atoms with E-state index in [0.717, 1.165) is 24.3 Å². The Morgan fingerprint density at radius 1 is 1.35 bits per heavy atom. The molecule has 0 saturated heterocycles. The van der Waals surface area contributed by atoms with Crippen molar-refractivity contribution in [2.24, 2.45) is 5.41 Å². The first kappa shape index (κ1) is 15.1. The summed E-state index contributed by atoms with van der Waals surface area (Å²) in [6.07, 6.45) is 0.988. The van der Waals surface area contributed by atoms with Gasteiger partial charge in [-0.2, -0.15) is 0 Å². The summed E-state index contributed by atoms with van der Waals surface area (Å²) >= 11 is 5.96. The largest absolute Gasteiger partial charge is 0.494 e. The number of nitrogens with zero attached hydrogens (tertiary/aromatic N) is 2. The van der Waals surface area contributed by atoms with Crippen LogP contribution in [0.2, 0.25) is 0 Å². The molecule has 1 aromatic heterocycles. The monoisotopic (exact) mass is 298 g/mol. The van der Waals surface area contributed by atoms with E-state index < -0.39 is 5.82 Å². The molecule has 0 saturated carbocycles. The molecular formula is C15H20ClFN2O. The number of rotatable bonds is 4. The Labute approximate surface area is 123 Å². The van der Waals surface area contributed by atoms with Crippen LogP contribution in [0.25, 0.3) is 11.0 Å². The number of hydrogen-bond acceptors (Lipinski definition) is 2. The Morgan fingerprint density at radius 2 is 2.05 bits per heavy atom. The molecule has 5 heteroatoms. The minimum absolute atomic E-state index is 0.213. The van der Waals surface area contributed by atoms with Gasteiger partial charge in [0.25, 0.3) is 0 Å². The van der Waals surface area contributed by atoms with Gasteiger partial charge >= 0.3 is 0 Å². The second-order valence-electron chi connectivity index (χ2n) is 6.10. The highest BCUT2D eigenvalue weighted by Gasteiger charge is 2.16. The van der Waals surface area contributed by atoms with Crippen LogP contribution in [0.3, 0.4) is 0 Å². The van der Waals surface area contributed by atoms with Crippen molar-refractivity contribution >= 4 is 22.6 Å². The van der Waals surface area contributed by atoms with Crippen molar-refractivity contribution in [3.63, 3.8) is 0 Å². The van der Waals surface area contributed by atoms with Crippen molar-refractivity contribution < 1.29 is 9.13 Å². The molecule has 0 aliphatic rings. The van der Waals surface area contributed by atoms with E-state index in [4.69, 9.17) is 16.3 Å². The van der Waals surface area contributed by atoms with Crippen LogP contribution in [0.5, 0.6) is 5.75 Å². The molecule has 0 unspecified atom stereocenters. The highest BCUT2D eigenvalue weighted by Crippen LogP contribution is 2.28. The number of imidazole rings is 1. The number of fused-ring (bicyclic) bond motifs is 1. The van der Waals surface area contributed by atoms with E-state index in [1.54, 1.807) is 6.07 Å². The predicted octanol–water partition coefficient (Wildman–Crippen LogP) is 4.36. The molecule has 3 nitrogen and oxygen atoms in total. The van der Waals surface area contributed by atoms with Crippen LogP contribution in [0.1, 0.15) is 33.0 Å². The van der Waals surface area contributed by atoms with Gasteiger partial charge in [0.05, 0.1) is 24.0 Å². The summed E-state index contributed by atoms with van der Waals surface area (Å²) in [5.74, 6) is 0.902. The normalized spacial score (nSPS) is 12.1. The maximum Gasteiger partial charge on any atom is 0.167 e. The van der Waals surface area contributed by atoms with Crippen molar-refractivity contribution in [2.75, 3.05) is 7.11 Å². The van der Waals surface area contributed by atoms with E-state index in [1.807, 2.05) is 0 Å². The van der Waals surface area contributed by atoms with Gasteiger partial charge in [-0.1, -0.05) is 20.8 Å². The average Bonchev–Trinajstić information content (AvgIpc) is 2.71. The zero-order valence-electron chi connectivity index (χ0n) is 12.3. The van der Waals surface area contributed by atoms with Gasteiger partial charge in [0.2, 0.25) is 0 Å². The number of aryl methyl sites for hydroxylation is 1. The third kappa shape index (κ3) is 3.06. The maximum atomic E-state index is 13.7. The Morgan fingerprint density at radius 3 is 2.60 bits per heavy atom. The Hall–Kier alpha value is -1.29. The van der Waals surface area contributed by atoms with Gasteiger partial charge in [0.15, 0.2) is 11.6 Å². The van der Waals surface area contributed by atoms with Crippen molar-refractivity contribution in [3.8, 4) is 5.75 Å². The van der Waals surface area contributed by atoms with Gasteiger partial charge in [-0.05, 0) is 11.8 Å². The van der Waals surface area contributed by atoms with Gasteiger partial charge < -0.3 is 9.30 Å². The summed E-state index contributed by atoms with van der Waals surface area (Å²) in [6.45, 7) is 7.36. The van der Waals surface area contributed by atoms with Crippen LogP contribution in [-0.4, -0.2) is 16.7 Å². The van der Waals surface area contributed by atoms with Gasteiger partial charge in [-0.15, -0.1) is 11.6 Å². The van der Waals surface area contributed by atoms with Crippen LogP contribution in [0, 0.1) is 11.2 Å². The van der Waals surface area contributed by atoms with Crippen LogP contribution < -0.4 is 4.74 Å². The zero-order chi connectivity index (χ0) is 14.9. The SMILES string of the molecule is COc1cc2c(cc1F)nc(CCl)n2CCC(C)(C)C. The lowest BCUT2D eigenvalue weighted by molar-refractivity contribution is 0.350. The zero-order valence-corrected chi connectivity index (χ0v) is 13.1. The number of hydrogen-bond donors (Lipinski definition) is 0. The minimum atomic E-state index is -0.401.